The molecule has 26 heavy (non-hydrogen) atoms. The smallest absolute Gasteiger partial charge is 0.319 e. The second kappa shape index (κ2) is 6.33. The summed E-state index contributed by atoms with van der Waals surface area (Å²) in [7, 11) is 1.80. The molecule has 2 amide bonds. The first kappa shape index (κ1) is 16.4. The topological polar surface area (TPSA) is 77.2 Å². The van der Waals surface area contributed by atoms with Crippen LogP contribution in [0, 0.1) is 23.2 Å². The minimum absolute atomic E-state index is 0.0190. The number of benzene rings is 1. The van der Waals surface area contributed by atoms with Gasteiger partial charge >= 0.3 is 6.03 Å². The number of likely N-dealkylation sites (tertiary alicyclic amines) is 2. The van der Waals surface area contributed by atoms with Gasteiger partial charge in [-0.1, -0.05) is 6.07 Å². The summed E-state index contributed by atoms with van der Waals surface area (Å²) >= 11 is 0. The van der Waals surface area contributed by atoms with E-state index in [1.807, 2.05) is 0 Å². The van der Waals surface area contributed by atoms with Gasteiger partial charge < -0.3 is 15.1 Å². The van der Waals surface area contributed by atoms with Crippen molar-refractivity contribution in [3.63, 3.8) is 0 Å². The van der Waals surface area contributed by atoms with Crippen molar-refractivity contribution >= 4 is 11.7 Å². The minimum Gasteiger partial charge on any atom is -0.319 e. The number of hydrogen-bond acceptors (Lipinski definition) is 4. The van der Waals surface area contributed by atoms with E-state index in [9.17, 15) is 9.18 Å². The SMILES string of the molecule is Cn1ccc(-c2ccc(NC(=O)N3CC[C@@H]4CN(C#N)C[C@@H]43)c(F)c2)n1. The monoisotopic (exact) mass is 354 g/mol. The van der Waals surface area contributed by atoms with Gasteiger partial charge in [0.25, 0.3) is 0 Å². The molecule has 2 aromatic rings. The maximum Gasteiger partial charge on any atom is 0.322 e. The van der Waals surface area contributed by atoms with Crippen LogP contribution in [0.15, 0.2) is 30.5 Å². The number of anilines is 1. The van der Waals surface area contributed by atoms with Crippen molar-refractivity contribution in [3.8, 4) is 17.5 Å². The van der Waals surface area contributed by atoms with Crippen molar-refractivity contribution in [2.24, 2.45) is 13.0 Å². The third-order valence-corrected chi connectivity index (χ3v) is 5.17. The number of rotatable bonds is 2. The van der Waals surface area contributed by atoms with Crippen LogP contribution in [0.4, 0.5) is 14.9 Å². The molecule has 0 saturated carbocycles. The number of halogens is 1. The van der Waals surface area contributed by atoms with E-state index in [0.29, 0.717) is 36.8 Å². The molecular weight excluding hydrogens is 335 g/mol. The molecule has 1 N–H and O–H groups in total. The van der Waals surface area contributed by atoms with E-state index in [1.54, 1.807) is 45.9 Å². The van der Waals surface area contributed by atoms with Crippen LogP contribution in [0.5, 0.6) is 0 Å². The zero-order valence-electron chi connectivity index (χ0n) is 14.4. The second-order valence-corrected chi connectivity index (χ2v) is 6.81. The maximum atomic E-state index is 14.5. The summed E-state index contributed by atoms with van der Waals surface area (Å²) in [5.41, 5.74) is 1.48. The van der Waals surface area contributed by atoms with E-state index >= 15 is 0 Å². The van der Waals surface area contributed by atoms with Gasteiger partial charge in [0.2, 0.25) is 0 Å². The summed E-state index contributed by atoms with van der Waals surface area (Å²) < 4.78 is 16.1. The second-order valence-electron chi connectivity index (χ2n) is 6.81. The van der Waals surface area contributed by atoms with Crippen LogP contribution in [0.1, 0.15) is 6.42 Å². The van der Waals surface area contributed by atoms with Crippen LogP contribution in [0.2, 0.25) is 0 Å². The lowest BCUT2D eigenvalue weighted by molar-refractivity contribution is 0.203. The molecule has 0 radical (unpaired) electrons. The van der Waals surface area contributed by atoms with Gasteiger partial charge in [-0.25, -0.2) is 9.18 Å². The summed E-state index contributed by atoms with van der Waals surface area (Å²) in [4.78, 5) is 16.0. The van der Waals surface area contributed by atoms with E-state index in [2.05, 4.69) is 16.6 Å². The van der Waals surface area contributed by atoms with E-state index in [-0.39, 0.29) is 17.8 Å². The number of aryl methyl sites for hydroxylation is 1. The lowest BCUT2D eigenvalue weighted by atomic mass is 10.1. The largest absolute Gasteiger partial charge is 0.322 e. The molecule has 8 heteroatoms. The Balaban J connectivity index is 1.47. The molecule has 2 aliphatic rings. The molecule has 1 aromatic heterocycles. The number of aromatic nitrogens is 2. The number of hydrogen-bond donors (Lipinski definition) is 1. The van der Waals surface area contributed by atoms with Crippen LogP contribution in [0.25, 0.3) is 11.3 Å². The summed E-state index contributed by atoms with van der Waals surface area (Å²) in [6, 6.07) is 6.17. The summed E-state index contributed by atoms with van der Waals surface area (Å²) in [6.45, 7) is 1.88. The Morgan fingerprint density at radius 1 is 1.38 bits per heavy atom. The number of amides is 2. The fraction of sp³-hybridized carbons (Fsp3) is 0.389. The summed E-state index contributed by atoms with van der Waals surface area (Å²) in [5, 5.41) is 16.0. The van der Waals surface area contributed by atoms with Gasteiger partial charge in [-0.05, 0) is 24.6 Å². The third kappa shape index (κ3) is 2.86. The molecule has 2 aliphatic heterocycles. The molecule has 7 nitrogen and oxygen atoms in total. The van der Waals surface area contributed by atoms with Gasteiger partial charge in [-0.3, -0.25) is 4.68 Å². The van der Waals surface area contributed by atoms with Gasteiger partial charge in [-0.2, -0.15) is 10.4 Å². The van der Waals surface area contributed by atoms with Gasteiger partial charge in [0.1, 0.15) is 5.82 Å². The molecule has 0 bridgehead atoms. The Morgan fingerprint density at radius 3 is 2.92 bits per heavy atom. The molecule has 0 unspecified atom stereocenters. The fourth-order valence-electron chi connectivity index (χ4n) is 3.83. The number of nitrogens with one attached hydrogen (secondary N) is 1. The van der Waals surface area contributed by atoms with E-state index < -0.39 is 5.82 Å². The standard InChI is InChI=1S/C18H19FN6O/c1-23-6-5-15(22-23)12-2-3-16(14(19)8-12)21-18(26)25-7-4-13-9-24(11-20)10-17(13)25/h2-3,5-6,8,13,17H,4,7,9-10H2,1H3,(H,21,26)/t13-,17+/m1/s1. The Hall–Kier alpha value is -3.08. The quantitative estimate of drug-likeness (QED) is 0.839. The Morgan fingerprint density at radius 2 is 2.23 bits per heavy atom. The van der Waals surface area contributed by atoms with Gasteiger partial charge in [-0.15, -0.1) is 0 Å². The van der Waals surface area contributed by atoms with Crippen LogP contribution in [-0.4, -0.2) is 51.3 Å². The normalized spacial score (nSPS) is 21.6. The molecule has 3 heterocycles. The van der Waals surface area contributed by atoms with Crippen LogP contribution in [0.3, 0.4) is 0 Å². The molecule has 1 aromatic carbocycles. The average molecular weight is 354 g/mol. The highest BCUT2D eigenvalue weighted by Crippen LogP contribution is 2.32. The van der Waals surface area contributed by atoms with Gasteiger partial charge in [0.05, 0.1) is 17.4 Å². The van der Waals surface area contributed by atoms with E-state index in [0.717, 1.165) is 6.42 Å². The lowest BCUT2D eigenvalue weighted by Crippen LogP contribution is -2.41. The van der Waals surface area contributed by atoms with Crippen LogP contribution < -0.4 is 5.32 Å². The van der Waals surface area contributed by atoms with E-state index in [1.165, 1.54) is 6.07 Å². The van der Waals surface area contributed by atoms with Crippen LogP contribution in [-0.2, 0) is 7.05 Å². The van der Waals surface area contributed by atoms with Crippen molar-refractivity contribution in [2.75, 3.05) is 25.0 Å². The van der Waals surface area contributed by atoms with E-state index in [4.69, 9.17) is 5.26 Å². The molecule has 2 fully saturated rings. The number of carbonyl (C=O) groups excluding carboxylic acids is 1. The number of carbonyl (C=O) groups is 1. The van der Waals surface area contributed by atoms with Crippen molar-refractivity contribution in [3.05, 3.63) is 36.3 Å². The zero-order chi connectivity index (χ0) is 18.3. The maximum absolute atomic E-state index is 14.5. The highest BCUT2D eigenvalue weighted by molar-refractivity contribution is 5.90. The zero-order valence-corrected chi connectivity index (χ0v) is 14.4. The van der Waals surface area contributed by atoms with Crippen molar-refractivity contribution in [1.29, 1.82) is 5.26 Å². The van der Waals surface area contributed by atoms with Crippen molar-refractivity contribution < 1.29 is 9.18 Å². The average Bonchev–Trinajstić information content (AvgIpc) is 3.31. The molecule has 2 atom stereocenters. The fourth-order valence-corrected chi connectivity index (χ4v) is 3.83. The highest BCUT2D eigenvalue weighted by Gasteiger charge is 2.43. The molecule has 134 valence electrons. The first-order chi connectivity index (χ1) is 12.5. The van der Waals surface area contributed by atoms with Crippen molar-refractivity contribution in [1.82, 2.24) is 19.6 Å². The molecule has 4 rings (SSSR count). The minimum atomic E-state index is -0.498. The van der Waals surface area contributed by atoms with Crippen molar-refractivity contribution in [2.45, 2.75) is 12.5 Å². The van der Waals surface area contributed by atoms with Gasteiger partial charge in [0, 0.05) is 44.4 Å². The summed E-state index contributed by atoms with van der Waals surface area (Å²) in [6.07, 6.45) is 4.80. The van der Waals surface area contributed by atoms with Crippen LogP contribution >= 0.6 is 0 Å². The number of fused-ring (bicyclic) bond motifs is 1. The molecule has 2 saturated heterocycles. The first-order valence-corrected chi connectivity index (χ1v) is 8.57. The molecule has 0 spiro atoms. The lowest BCUT2D eigenvalue weighted by Gasteiger charge is -2.24. The van der Waals surface area contributed by atoms with Gasteiger partial charge in [0.15, 0.2) is 6.19 Å². The first-order valence-electron chi connectivity index (χ1n) is 8.57. The summed E-state index contributed by atoms with van der Waals surface area (Å²) in [5.74, 6) is -0.181. The number of nitrogens with zero attached hydrogens (tertiary/aromatic N) is 5. The Labute approximate surface area is 150 Å². The number of urea groups is 1. The number of nitriles is 1. The predicted molar refractivity (Wildman–Crippen MR) is 93.4 cm³/mol. The molecule has 0 aliphatic carbocycles. The Bertz CT molecular complexity index is 888. The molecular formula is C18H19FN6O. The predicted octanol–water partition coefficient (Wildman–Crippen LogP) is 2.25. The highest BCUT2D eigenvalue weighted by atomic mass is 19.1. The Kier molecular flexibility index (Phi) is 3.99. The third-order valence-electron chi connectivity index (χ3n) is 5.17.